The van der Waals surface area contributed by atoms with Gasteiger partial charge in [0.25, 0.3) is 0 Å². The van der Waals surface area contributed by atoms with E-state index in [1.54, 1.807) is 0 Å². The smallest absolute Gasteiger partial charge is 0.326 e. The van der Waals surface area contributed by atoms with Gasteiger partial charge in [0.05, 0.1) is 13.0 Å². The molecule has 10 heteroatoms. The van der Waals surface area contributed by atoms with Crippen molar-refractivity contribution >= 4 is 23.8 Å². The molecule has 1 atom stereocenters. The number of carboxylic acid groups (broad SMARTS) is 1. The van der Waals surface area contributed by atoms with Gasteiger partial charge in [-0.1, -0.05) is 0 Å². The van der Waals surface area contributed by atoms with Gasteiger partial charge in [0, 0.05) is 26.6 Å². The third-order valence-corrected chi connectivity index (χ3v) is 2.27. The third kappa shape index (κ3) is 10.1. The minimum absolute atomic E-state index is 0.0214. The fourth-order valence-corrected chi connectivity index (χ4v) is 1.28. The second-order valence-electron chi connectivity index (χ2n) is 4.05. The second-order valence-corrected chi connectivity index (χ2v) is 4.05. The van der Waals surface area contributed by atoms with Crippen molar-refractivity contribution in [1.82, 2.24) is 16.0 Å². The van der Waals surface area contributed by atoms with Gasteiger partial charge >= 0.3 is 12.0 Å². The number of urea groups is 1. The standard InChI is InChI=1S/C11H20N4O6/c1-21-5-4-13-9(17)2-3-14-11(20)15-7(10(18)19)6-8(12)16/h7H,2-6H2,1H3,(H2,12,16)(H,13,17)(H,18,19)(H2,14,15,20)/t7-/m1/s1. The molecule has 4 amide bonds. The highest BCUT2D eigenvalue weighted by Crippen LogP contribution is 1.91. The molecule has 0 saturated carbocycles. The first-order valence-electron chi connectivity index (χ1n) is 6.18. The Labute approximate surface area is 121 Å². The Balaban J connectivity index is 3.94. The van der Waals surface area contributed by atoms with Gasteiger partial charge in [-0.2, -0.15) is 0 Å². The van der Waals surface area contributed by atoms with E-state index in [-0.39, 0.29) is 18.9 Å². The van der Waals surface area contributed by atoms with Crippen LogP contribution in [0.15, 0.2) is 0 Å². The van der Waals surface area contributed by atoms with Crippen molar-refractivity contribution in [2.24, 2.45) is 5.73 Å². The Bertz CT molecular complexity index is 387. The van der Waals surface area contributed by atoms with E-state index in [9.17, 15) is 19.2 Å². The molecule has 0 aliphatic carbocycles. The monoisotopic (exact) mass is 304 g/mol. The van der Waals surface area contributed by atoms with Crippen LogP contribution in [-0.2, 0) is 19.1 Å². The summed E-state index contributed by atoms with van der Waals surface area (Å²) in [4.78, 5) is 44.1. The molecular formula is C11H20N4O6. The fourth-order valence-electron chi connectivity index (χ4n) is 1.28. The number of rotatable bonds is 10. The normalized spacial score (nSPS) is 11.3. The van der Waals surface area contributed by atoms with E-state index in [2.05, 4.69) is 16.0 Å². The number of nitrogens with one attached hydrogen (secondary N) is 3. The van der Waals surface area contributed by atoms with Gasteiger partial charge in [0.1, 0.15) is 6.04 Å². The van der Waals surface area contributed by atoms with Gasteiger partial charge in [0.2, 0.25) is 11.8 Å². The van der Waals surface area contributed by atoms with Gasteiger partial charge in [-0.05, 0) is 0 Å². The number of nitrogens with two attached hydrogens (primary N) is 1. The van der Waals surface area contributed by atoms with Crippen molar-refractivity contribution in [2.45, 2.75) is 18.9 Å². The highest BCUT2D eigenvalue weighted by molar-refractivity contribution is 5.87. The molecule has 120 valence electrons. The average Bonchev–Trinajstić information content (AvgIpc) is 2.37. The topological polar surface area (TPSA) is 160 Å². The molecule has 0 heterocycles. The van der Waals surface area contributed by atoms with Crippen LogP contribution in [0.2, 0.25) is 0 Å². The number of hydrogen-bond donors (Lipinski definition) is 5. The first-order valence-corrected chi connectivity index (χ1v) is 6.18. The van der Waals surface area contributed by atoms with E-state index in [0.29, 0.717) is 13.2 Å². The predicted octanol–water partition coefficient (Wildman–Crippen LogP) is -2.23. The molecule has 0 aromatic rings. The molecule has 0 aliphatic rings. The number of carbonyl (C=O) groups is 4. The molecule has 6 N–H and O–H groups in total. The summed E-state index contributed by atoms with van der Waals surface area (Å²) in [5.41, 5.74) is 4.87. The summed E-state index contributed by atoms with van der Waals surface area (Å²) in [5, 5.41) is 15.7. The van der Waals surface area contributed by atoms with Crippen LogP contribution in [0.5, 0.6) is 0 Å². The Morgan fingerprint density at radius 2 is 1.86 bits per heavy atom. The zero-order valence-electron chi connectivity index (χ0n) is 11.7. The third-order valence-electron chi connectivity index (χ3n) is 2.27. The van der Waals surface area contributed by atoms with Crippen molar-refractivity contribution in [1.29, 1.82) is 0 Å². The Hall–Kier alpha value is -2.36. The Kier molecular flexibility index (Phi) is 9.26. The number of hydrogen-bond acceptors (Lipinski definition) is 5. The lowest BCUT2D eigenvalue weighted by Crippen LogP contribution is -2.48. The van der Waals surface area contributed by atoms with Gasteiger partial charge in [-0.3, -0.25) is 9.59 Å². The molecule has 0 bridgehead atoms. The molecule has 0 spiro atoms. The average molecular weight is 304 g/mol. The number of aliphatic carboxylic acids is 1. The summed E-state index contributed by atoms with van der Waals surface area (Å²) in [7, 11) is 1.50. The molecule has 0 rings (SSSR count). The number of amides is 4. The van der Waals surface area contributed by atoms with E-state index in [1.807, 2.05) is 0 Å². The van der Waals surface area contributed by atoms with E-state index >= 15 is 0 Å². The van der Waals surface area contributed by atoms with E-state index in [0.717, 1.165) is 0 Å². The Morgan fingerprint density at radius 3 is 2.38 bits per heavy atom. The summed E-state index contributed by atoms with van der Waals surface area (Å²) < 4.78 is 4.74. The quantitative estimate of drug-likeness (QED) is 0.287. The van der Waals surface area contributed by atoms with Gasteiger partial charge in [-0.25, -0.2) is 9.59 Å². The van der Waals surface area contributed by atoms with Crippen molar-refractivity contribution in [3.8, 4) is 0 Å². The molecule has 10 nitrogen and oxygen atoms in total. The molecule has 0 unspecified atom stereocenters. The molecule has 0 aromatic heterocycles. The number of carboxylic acids is 1. The van der Waals surface area contributed by atoms with E-state index in [1.165, 1.54) is 7.11 Å². The van der Waals surface area contributed by atoms with Crippen LogP contribution in [0.4, 0.5) is 4.79 Å². The highest BCUT2D eigenvalue weighted by Gasteiger charge is 2.21. The summed E-state index contributed by atoms with van der Waals surface area (Å²) >= 11 is 0. The number of primary amides is 1. The summed E-state index contributed by atoms with van der Waals surface area (Å²) in [5.74, 6) is -2.50. The van der Waals surface area contributed by atoms with Crippen LogP contribution < -0.4 is 21.7 Å². The van der Waals surface area contributed by atoms with Crippen molar-refractivity contribution in [3.63, 3.8) is 0 Å². The molecule has 0 fully saturated rings. The maximum atomic E-state index is 11.4. The van der Waals surface area contributed by atoms with Crippen molar-refractivity contribution in [2.75, 3.05) is 26.8 Å². The zero-order chi connectivity index (χ0) is 16.3. The van der Waals surface area contributed by atoms with Crippen molar-refractivity contribution in [3.05, 3.63) is 0 Å². The number of methoxy groups -OCH3 is 1. The molecule has 0 saturated heterocycles. The van der Waals surface area contributed by atoms with E-state index < -0.39 is 30.4 Å². The molecule has 0 aromatic carbocycles. The van der Waals surface area contributed by atoms with Gasteiger partial charge in [0.15, 0.2) is 0 Å². The highest BCUT2D eigenvalue weighted by atomic mass is 16.5. The SMILES string of the molecule is COCCNC(=O)CCNC(=O)N[C@H](CC(N)=O)C(=O)O. The van der Waals surface area contributed by atoms with Crippen molar-refractivity contribution < 1.29 is 29.0 Å². The number of carbonyl (C=O) groups excluding carboxylic acids is 3. The van der Waals surface area contributed by atoms with Crippen LogP contribution in [0, 0.1) is 0 Å². The summed E-state index contributed by atoms with van der Waals surface area (Å²) in [6.07, 6.45) is -0.481. The maximum absolute atomic E-state index is 11.4. The van der Waals surface area contributed by atoms with Gasteiger partial charge < -0.3 is 31.5 Å². The van der Waals surface area contributed by atoms with Crippen LogP contribution in [0.3, 0.4) is 0 Å². The first-order chi connectivity index (χ1) is 9.86. The molecule has 21 heavy (non-hydrogen) atoms. The fraction of sp³-hybridized carbons (Fsp3) is 0.636. The summed E-state index contributed by atoms with van der Waals surface area (Å²) in [6.45, 7) is 0.766. The Morgan fingerprint density at radius 1 is 1.19 bits per heavy atom. The molecule has 0 aliphatic heterocycles. The largest absolute Gasteiger partial charge is 0.480 e. The van der Waals surface area contributed by atoms with E-state index in [4.69, 9.17) is 15.6 Å². The second kappa shape index (κ2) is 10.4. The lowest BCUT2D eigenvalue weighted by Gasteiger charge is -2.13. The van der Waals surface area contributed by atoms with Gasteiger partial charge in [-0.15, -0.1) is 0 Å². The lowest BCUT2D eigenvalue weighted by atomic mass is 10.2. The van der Waals surface area contributed by atoms with Crippen LogP contribution in [0.1, 0.15) is 12.8 Å². The molecule has 0 radical (unpaired) electrons. The zero-order valence-corrected chi connectivity index (χ0v) is 11.7. The first kappa shape index (κ1) is 18.6. The number of ether oxygens (including phenoxy) is 1. The predicted molar refractivity (Wildman–Crippen MR) is 71.3 cm³/mol. The van der Waals surface area contributed by atoms with Crippen LogP contribution in [0.25, 0.3) is 0 Å². The van der Waals surface area contributed by atoms with Crippen LogP contribution in [-0.4, -0.2) is 61.8 Å². The van der Waals surface area contributed by atoms with Crippen LogP contribution >= 0.6 is 0 Å². The minimum Gasteiger partial charge on any atom is -0.480 e. The summed E-state index contributed by atoms with van der Waals surface area (Å²) in [6, 6.07) is -2.20. The minimum atomic E-state index is -1.40. The lowest BCUT2D eigenvalue weighted by molar-refractivity contribution is -0.140. The maximum Gasteiger partial charge on any atom is 0.326 e. The molecular weight excluding hydrogens is 284 g/mol.